The Morgan fingerprint density at radius 3 is 2.19 bits per heavy atom. The number of nitrogens with one attached hydrogen (secondary N) is 1. The van der Waals surface area contributed by atoms with E-state index in [1.807, 2.05) is 11.8 Å². The zero-order chi connectivity index (χ0) is 19.4. The summed E-state index contributed by atoms with van der Waals surface area (Å²) in [4.78, 5) is 29.1. The van der Waals surface area contributed by atoms with Crippen LogP contribution in [0.2, 0.25) is 0 Å². The Morgan fingerprint density at radius 1 is 1.04 bits per heavy atom. The van der Waals surface area contributed by atoms with Crippen LogP contribution in [-0.4, -0.2) is 66.2 Å². The monoisotopic (exact) mass is 379 g/mol. The number of ether oxygens (including phenoxy) is 1. The summed E-state index contributed by atoms with van der Waals surface area (Å²) in [7, 11) is 0. The van der Waals surface area contributed by atoms with Crippen molar-refractivity contribution in [1.82, 2.24) is 15.1 Å². The maximum Gasteiger partial charge on any atom is 0.410 e. The highest BCUT2D eigenvalue weighted by Crippen LogP contribution is 2.30. The highest BCUT2D eigenvalue weighted by Gasteiger charge is 2.38. The molecule has 6 nitrogen and oxygen atoms in total. The summed E-state index contributed by atoms with van der Waals surface area (Å²) in [5.74, 6) is 1.16. The van der Waals surface area contributed by atoms with Crippen LogP contribution in [0.1, 0.15) is 65.7 Å². The van der Waals surface area contributed by atoms with Crippen molar-refractivity contribution in [2.45, 2.75) is 83.8 Å². The van der Waals surface area contributed by atoms with Crippen LogP contribution in [0, 0.1) is 11.8 Å². The molecule has 2 atom stereocenters. The van der Waals surface area contributed by atoms with Gasteiger partial charge in [-0.15, -0.1) is 0 Å². The Hall–Kier alpha value is -1.30. The van der Waals surface area contributed by atoms with Gasteiger partial charge in [-0.25, -0.2) is 4.79 Å². The molecule has 1 aliphatic carbocycles. The second kappa shape index (κ2) is 9.26. The summed E-state index contributed by atoms with van der Waals surface area (Å²) in [5, 5.41) is 3.18. The number of rotatable bonds is 5. The van der Waals surface area contributed by atoms with Gasteiger partial charge in [-0.2, -0.15) is 0 Å². The lowest BCUT2D eigenvalue weighted by molar-refractivity contribution is -0.127. The van der Waals surface area contributed by atoms with E-state index in [-0.39, 0.29) is 30.0 Å². The molecule has 0 aromatic rings. The molecule has 6 heteroatoms. The van der Waals surface area contributed by atoms with Crippen molar-refractivity contribution < 1.29 is 14.3 Å². The third-order valence-corrected chi connectivity index (χ3v) is 6.86. The van der Waals surface area contributed by atoms with Gasteiger partial charge in [0.15, 0.2) is 0 Å². The molecule has 27 heavy (non-hydrogen) atoms. The minimum atomic E-state index is -0.183. The predicted molar refractivity (Wildman–Crippen MR) is 105 cm³/mol. The molecule has 0 aromatic carbocycles. The van der Waals surface area contributed by atoms with Crippen LogP contribution in [0.5, 0.6) is 0 Å². The second-order valence-electron chi connectivity index (χ2n) is 8.78. The van der Waals surface area contributed by atoms with Crippen LogP contribution in [0.4, 0.5) is 4.79 Å². The van der Waals surface area contributed by atoms with Gasteiger partial charge in [0.2, 0.25) is 5.91 Å². The van der Waals surface area contributed by atoms with Crippen LogP contribution in [-0.2, 0) is 9.53 Å². The molecule has 154 valence electrons. The first-order valence-corrected chi connectivity index (χ1v) is 11.0. The number of hydrogen-bond acceptors (Lipinski definition) is 4. The van der Waals surface area contributed by atoms with Gasteiger partial charge in [-0.1, -0.05) is 6.42 Å². The van der Waals surface area contributed by atoms with Gasteiger partial charge in [-0.05, 0) is 78.3 Å². The van der Waals surface area contributed by atoms with E-state index in [4.69, 9.17) is 4.74 Å². The second-order valence-corrected chi connectivity index (χ2v) is 8.78. The standard InChI is InChI=1S/C21H37N3O3/c1-4-27-21(26)24-15(2)12-19(13-16(24)3)23-10-8-18(9-11-23)20(25)22-14-17-6-5-7-17/h15-19H,4-14H2,1-3H3,(H,22,25). The molecular weight excluding hydrogens is 342 g/mol. The van der Waals surface area contributed by atoms with E-state index in [1.54, 1.807) is 0 Å². The maximum atomic E-state index is 12.4. The van der Waals surface area contributed by atoms with Crippen LogP contribution in [0.15, 0.2) is 0 Å². The molecule has 3 aliphatic rings. The molecule has 3 rings (SSSR count). The molecule has 0 radical (unpaired) electrons. The minimum Gasteiger partial charge on any atom is -0.450 e. The summed E-state index contributed by atoms with van der Waals surface area (Å²) in [5.41, 5.74) is 0. The first kappa shape index (κ1) is 20.4. The predicted octanol–water partition coefficient (Wildman–Crippen LogP) is 3.01. The molecule has 0 spiro atoms. The van der Waals surface area contributed by atoms with E-state index in [0.717, 1.165) is 51.2 Å². The van der Waals surface area contributed by atoms with Gasteiger partial charge < -0.3 is 19.9 Å². The number of hydrogen-bond donors (Lipinski definition) is 1. The molecule has 0 aromatic heterocycles. The average Bonchev–Trinajstić information content (AvgIpc) is 2.60. The van der Waals surface area contributed by atoms with Crippen molar-refractivity contribution in [1.29, 1.82) is 0 Å². The van der Waals surface area contributed by atoms with Crippen molar-refractivity contribution in [2.24, 2.45) is 11.8 Å². The van der Waals surface area contributed by atoms with Crippen LogP contribution < -0.4 is 5.32 Å². The van der Waals surface area contributed by atoms with Gasteiger partial charge in [0.1, 0.15) is 0 Å². The van der Waals surface area contributed by atoms with E-state index in [2.05, 4.69) is 24.1 Å². The van der Waals surface area contributed by atoms with E-state index < -0.39 is 0 Å². The molecule has 2 unspecified atom stereocenters. The zero-order valence-electron chi connectivity index (χ0n) is 17.3. The molecule has 1 saturated carbocycles. The van der Waals surface area contributed by atoms with Crippen molar-refractivity contribution >= 4 is 12.0 Å². The van der Waals surface area contributed by atoms with E-state index in [0.29, 0.717) is 12.6 Å². The normalized spacial score (nSPS) is 30.6. The topological polar surface area (TPSA) is 61.9 Å². The molecule has 3 fully saturated rings. The number of piperidine rings is 2. The fourth-order valence-corrected chi connectivity index (χ4v) is 5.01. The first-order valence-electron chi connectivity index (χ1n) is 11.0. The number of carbonyl (C=O) groups excluding carboxylic acids is 2. The lowest BCUT2D eigenvalue weighted by Gasteiger charge is -2.47. The fraction of sp³-hybridized carbons (Fsp3) is 0.905. The quantitative estimate of drug-likeness (QED) is 0.798. The Bertz CT molecular complexity index is 503. The summed E-state index contributed by atoms with van der Waals surface area (Å²) in [6, 6.07) is 0.891. The van der Waals surface area contributed by atoms with Crippen molar-refractivity contribution in [2.75, 3.05) is 26.2 Å². The van der Waals surface area contributed by atoms with Crippen molar-refractivity contribution in [3.05, 3.63) is 0 Å². The van der Waals surface area contributed by atoms with Crippen LogP contribution in [0.25, 0.3) is 0 Å². The zero-order valence-corrected chi connectivity index (χ0v) is 17.3. The highest BCUT2D eigenvalue weighted by atomic mass is 16.6. The minimum absolute atomic E-state index is 0.177. The third kappa shape index (κ3) is 4.95. The molecule has 0 bridgehead atoms. The largest absolute Gasteiger partial charge is 0.450 e. The summed E-state index contributed by atoms with van der Waals surface area (Å²) < 4.78 is 5.22. The van der Waals surface area contributed by atoms with Gasteiger partial charge in [0.25, 0.3) is 0 Å². The van der Waals surface area contributed by atoms with Crippen LogP contribution >= 0.6 is 0 Å². The van der Waals surface area contributed by atoms with Crippen LogP contribution in [0.3, 0.4) is 0 Å². The molecule has 2 saturated heterocycles. The average molecular weight is 380 g/mol. The molecule has 1 N–H and O–H groups in total. The number of amides is 2. The smallest absolute Gasteiger partial charge is 0.410 e. The number of carbonyl (C=O) groups is 2. The number of likely N-dealkylation sites (tertiary alicyclic amines) is 2. The van der Waals surface area contributed by atoms with Gasteiger partial charge in [0.05, 0.1) is 6.61 Å². The Labute approximate surface area is 164 Å². The Kier molecular flexibility index (Phi) is 7.01. The third-order valence-electron chi connectivity index (χ3n) is 6.86. The van der Waals surface area contributed by atoms with Crippen molar-refractivity contribution in [3.8, 4) is 0 Å². The maximum absolute atomic E-state index is 12.4. The lowest BCUT2D eigenvalue weighted by atomic mass is 9.85. The molecule has 2 aliphatic heterocycles. The Morgan fingerprint density at radius 2 is 1.67 bits per heavy atom. The fourth-order valence-electron chi connectivity index (χ4n) is 5.01. The van der Waals surface area contributed by atoms with E-state index >= 15 is 0 Å². The molecule has 2 amide bonds. The first-order chi connectivity index (χ1) is 13.0. The van der Waals surface area contributed by atoms with Gasteiger partial charge >= 0.3 is 6.09 Å². The van der Waals surface area contributed by atoms with Crippen molar-refractivity contribution in [3.63, 3.8) is 0 Å². The lowest BCUT2D eigenvalue weighted by Crippen LogP contribution is -2.56. The Balaban J connectivity index is 1.44. The highest BCUT2D eigenvalue weighted by molar-refractivity contribution is 5.78. The van der Waals surface area contributed by atoms with Gasteiger partial charge in [-0.3, -0.25) is 4.79 Å². The summed E-state index contributed by atoms with van der Waals surface area (Å²) in [6.07, 6.45) is 7.58. The SMILES string of the molecule is CCOC(=O)N1C(C)CC(N2CCC(C(=O)NCC3CCC3)CC2)CC1C. The molecule has 2 heterocycles. The molecular formula is C21H37N3O3. The number of nitrogens with zero attached hydrogens (tertiary/aromatic N) is 2. The van der Waals surface area contributed by atoms with E-state index in [1.165, 1.54) is 19.3 Å². The summed E-state index contributed by atoms with van der Waals surface area (Å²) >= 11 is 0. The summed E-state index contributed by atoms with van der Waals surface area (Å²) in [6.45, 7) is 9.39. The van der Waals surface area contributed by atoms with E-state index in [9.17, 15) is 9.59 Å². The van der Waals surface area contributed by atoms with Gasteiger partial charge in [0, 0.05) is 30.6 Å².